The van der Waals surface area contributed by atoms with Crippen molar-refractivity contribution < 1.29 is 66.0 Å². The number of carbonyl (C=O) groups is 4. The van der Waals surface area contributed by atoms with Gasteiger partial charge in [-0.1, -0.05) is 24.3 Å². The standard InChI is InChI=1S/C37H45F3N2O11/c1-34(2,3)50-27(45)14-12-24(18-43)41-33(47)35-16-25-28-29(52-37(51-28,22-8-9-22)23-10-11-23)31(35)53-42(30(35)32(46)49-25)17-21-6-4-5-20(15-21)7-13-26(44)48-19-36(38,39)40/h4-7,13,15,22-25,28-31,43H,8-12,14,16-19H2,1-3H3,(H,41,47). The molecule has 290 valence electrons. The number of aliphatic hydroxyl groups is 1. The summed E-state index contributed by atoms with van der Waals surface area (Å²) in [5.74, 6) is -3.37. The molecule has 13 nitrogen and oxygen atoms in total. The first kappa shape index (κ1) is 37.7. The topological polar surface area (TPSA) is 159 Å². The first-order chi connectivity index (χ1) is 25.0. The summed E-state index contributed by atoms with van der Waals surface area (Å²) < 4.78 is 66.7. The van der Waals surface area contributed by atoms with Crippen molar-refractivity contribution in [3.63, 3.8) is 0 Å². The van der Waals surface area contributed by atoms with E-state index < -0.39 is 96.5 Å². The van der Waals surface area contributed by atoms with Crippen LogP contribution in [0.4, 0.5) is 13.2 Å². The van der Waals surface area contributed by atoms with Crippen LogP contribution in [0.15, 0.2) is 30.3 Å². The van der Waals surface area contributed by atoms with E-state index in [4.69, 9.17) is 23.8 Å². The fraction of sp³-hybridized carbons (Fsp3) is 0.676. The van der Waals surface area contributed by atoms with Gasteiger partial charge >= 0.3 is 24.1 Å². The smallest absolute Gasteiger partial charge is 0.422 e. The third-order valence-corrected chi connectivity index (χ3v) is 10.7. The van der Waals surface area contributed by atoms with Crippen molar-refractivity contribution in [2.75, 3.05) is 13.2 Å². The Morgan fingerprint density at radius 2 is 1.79 bits per heavy atom. The van der Waals surface area contributed by atoms with Gasteiger partial charge in [-0.15, -0.1) is 0 Å². The molecule has 3 saturated carbocycles. The summed E-state index contributed by atoms with van der Waals surface area (Å²) in [5, 5.41) is 14.6. The number of ether oxygens (including phenoxy) is 5. The molecule has 2 bridgehead atoms. The second-order valence-electron chi connectivity index (χ2n) is 15.9. The molecule has 53 heavy (non-hydrogen) atoms. The zero-order valence-corrected chi connectivity index (χ0v) is 29.8. The number of nitrogens with one attached hydrogen (secondary N) is 1. The minimum atomic E-state index is -4.66. The maximum absolute atomic E-state index is 14.7. The van der Waals surface area contributed by atoms with E-state index in [1.165, 1.54) is 11.1 Å². The lowest BCUT2D eigenvalue weighted by molar-refractivity contribution is -0.235. The molecule has 6 fully saturated rings. The summed E-state index contributed by atoms with van der Waals surface area (Å²) in [5.41, 5.74) is -1.17. The lowest BCUT2D eigenvalue weighted by Gasteiger charge is -2.49. The zero-order chi connectivity index (χ0) is 37.9. The van der Waals surface area contributed by atoms with Crippen molar-refractivity contribution in [1.82, 2.24) is 10.4 Å². The van der Waals surface area contributed by atoms with E-state index in [1.54, 1.807) is 45.0 Å². The van der Waals surface area contributed by atoms with Gasteiger partial charge in [-0.05, 0) is 70.1 Å². The summed E-state index contributed by atoms with van der Waals surface area (Å²) in [7, 11) is 0. The largest absolute Gasteiger partial charge is 0.460 e. The fourth-order valence-corrected chi connectivity index (χ4v) is 8.22. The Bertz CT molecular complexity index is 1630. The molecule has 3 aliphatic heterocycles. The van der Waals surface area contributed by atoms with Gasteiger partial charge in [-0.3, -0.25) is 19.2 Å². The number of esters is 3. The highest BCUT2D eigenvalue weighted by Gasteiger charge is 2.78. The number of hydrogen-bond donors (Lipinski definition) is 2. The van der Waals surface area contributed by atoms with Gasteiger partial charge in [0.1, 0.15) is 35.4 Å². The predicted molar refractivity (Wildman–Crippen MR) is 176 cm³/mol. The number of benzene rings is 1. The molecule has 7 atom stereocenters. The first-order valence-corrected chi connectivity index (χ1v) is 18.1. The second-order valence-corrected chi connectivity index (χ2v) is 15.9. The van der Waals surface area contributed by atoms with E-state index in [2.05, 4.69) is 10.1 Å². The van der Waals surface area contributed by atoms with Crippen LogP contribution in [0.25, 0.3) is 6.08 Å². The Morgan fingerprint density at radius 3 is 2.43 bits per heavy atom. The molecule has 3 saturated heterocycles. The van der Waals surface area contributed by atoms with E-state index in [-0.39, 0.29) is 37.6 Å². The quantitative estimate of drug-likeness (QED) is 0.172. The highest BCUT2D eigenvalue weighted by Crippen LogP contribution is 2.63. The molecule has 6 aliphatic rings. The van der Waals surface area contributed by atoms with Gasteiger partial charge in [-0.2, -0.15) is 18.2 Å². The summed E-state index contributed by atoms with van der Waals surface area (Å²) in [6.45, 7) is 3.03. The minimum absolute atomic E-state index is 0.0210. The highest BCUT2D eigenvalue weighted by atomic mass is 19.4. The number of hydrogen-bond acceptors (Lipinski definition) is 12. The molecule has 1 aromatic rings. The van der Waals surface area contributed by atoms with Crippen LogP contribution in [-0.4, -0.2) is 101 Å². The van der Waals surface area contributed by atoms with Gasteiger partial charge in [0.15, 0.2) is 18.4 Å². The van der Waals surface area contributed by atoms with Crippen molar-refractivity contribution in [2.24, 2.45) is 17.3 Å². The van der Waals surface area contributed by atoms with Crippen molar-refractivity contribution >= 4 is 29.9 Å². The van der Waals surface area contributed by atoms with Crippen molar-refractivity contribution in [1.29, 1.82) is 0 Å². The molecule has 3 heterocycles. The number of amides is 1. The number of halogens is 3. The number of aliphatic hydroxyl groups excluding tert-OH is 1. The number of alkyl halides is 3. The molecular formula is C37H45F3N2O11. The highest BCUT2D eigenvalue weighted by molar-refractivity contribution is 5.94. The van der Waals surface area contributed by atoms with E-state index >= 15 is 0 Å². The lowest BCUT2D eigenvalue weighted by Crippen LogP contribution is -2.70. The number of rotatable bonds is 13. The van der Waals surface area contributed by atoms with Gasteiger partial charge in [-0.25, -0.2) is 4.79 Å². The zero-order valence-electron chi connectivity index (χ0n) is 29.8. The molecule has 3 aliphatic carbocycles. The van der Waals surface area contributed by atoms with Crippen LogP contribution >= 0.6 is 0 Å². The molecule has 1 amide bonds. The van der Waals surface area contributed by atoms with Crippen LogP contribution in [0.3, 0.4) is 0 Å². The molecule has 0 aromatic heterocycles. The summed E-state index contributed by atoms with van der Waals surface area (Å²) >= 11 is 0. The van der Waals surface area contributed by atoms with Crippen molar-refractivity contribution in [3.05, 3.63) is 41.5 Å². The predicted octanol–water partition coefficient (Wildman–Crippen LogP) is 3.50. The average Bonchev–Trinajstić information content (AvgIpc) is 4.03. The maximum Gasteiger partial charge on any atom is 0.422 e. The number of fused-ring (bicyclic) bond motifs is 4. The Labute approximate surface area is 304 Å². The molecule has 7 rings (SSSR count). The summed E-state index contributed by atoms with van der Waals surface area (Å²) in [6.07, 6.45) is -1.82. The van der Waals surface area contributed by atoms with Crippen LogP contribution in [0, 0.1) is 17.3 Å². The Hall–Kier alpha value is -3.57. The normalized spacial score (nSPS) is 31.2. The third-order valence-electron chi connectivity index (χ3n) is 10.7. The average molecular weight is 751 g/mol. The first-order valence-electron chi connectivity index (χ1n) is 18.1. The summed E-state index contributed by atoms with van der Waals surface area (Å²) in [6, 6.07) is 4.62. The Kier molecular flexibility index (Phi) is 9.92. The Morgan fingerprint density at radius 1 is 1.09 bits per heavy atom. The third kappa shape index (κ3) is 7.70. The van der Waals surface area contributed by atoms with Gasteiger partial charge in [0.2, 0.25) is 5.91 Å². The minimum Gasteiger partial charge on any atom is -0.460 e. The van der Waals surface area contributed by atoms with E-state index in [9.17, 15) is 37.5 Å². The van der Waals surface area contributed by atoms with Crippen LogP contribution in [0.5, 0.6) is 0 Å². The van der Waals surface area contributed by atoms with E-state index in [0.29, 0.717) is 11.1 Å². The second kappa shape index (κ2) is 13.9. The maximum atomic E-state index is 14.7. The molecular weight excluding hydrogens is 705 g/mol. The fourth-order valence-electron chi connectivity index (χ4n) is 8.22. The van der Waals surface area contributed by atoms with Gasteiger partial charge < -0.3 is 34.1 Å². The molecule has 1 aromatic carbocycles. The number of nitrogens with zero attached hydrogens (tertiary/aromatic N) is 1. The lowest BCUT2D eigenvalue weighted by atomic mass is 9.62. The van der Waals surface area contributed by atoms with Crippen LogP contribution in [0.2, 0.25) is 0 Å². The van der Waals surface area contributed by atoms with Gasteiger partial charge in [0.05, 0.1) is 19.2 Å². The Balaban J connectivity index is 1.15. The SMILES string of the molecule is CC(C)(C)OC(=O)CCC(CO)NC(=O)C12CC3OC(=O)C1N(Cc1cccc(C=CC(=O)OCC(F)(F)F)c1)OC2C1OC(C2CC2)(C2CC2)OC31. The van der Waals surface area contributed by atoms with Crippen LogP contribution < -0.4 is 5.32 Å². The van der Waals surface area contributed by atoms with Crippen molar-refractivity contribution in [3.8, 4) is 0 Å². The van der Waals surface area contributed by atoms with E-state index in [0.717, 1.165) is 31.8 Å². The molecule has 0 radical (unpaired) electrons. The van der Waals surface area contributed by atoms with Crippen LogP contribution in [-0.2, 0) is 54.2 Å². The molecule has 16 heteroatoms. The monoisotopic (exact) mass is 750 g/mol. The molecule has 7 unspecified atom stereocenters. The number of carbonyl (C=O) groups excluding carboxylic acids is 4. The van der Waals surface area contributed by atoms with Crippen LogP contribution in [0.1, 0.15) is 76.8 Å². The summed E-state index contributed by atoms with van der Waals surface area (Å²) in [4.78, 5) is 59.6. The van der Waals surface area contributed by atoms with Crippen molar-refractivity contribution in [2.45, 2.75) is 126 Å². The van der Waals surface area contributed by atoms with Gasteiger partial charge in [0.25, 0.3) is 0 Å². The number of hydroxylamine groups is 2. The van der Waals surface area contributed by atoms with E-state index in [1.807, 2.05) is 0 Å². The molecule has 0 spiro atoms. The molecule has 2 N–H and O–H groups in total. The van der Waals surface area contributed by atoms with Gasteiger partial charge in [0, 0.05) is 30.8 Å².